The summed E-state index contributed by atoms with van der Waals surface area (Å²) in [5.41, 5.74) is 1.26. The van der Waals surface area contributed by atoms with Crippen LogP contribution in [-0.4, -0.2) is 158 Å². The number of benzene rings is 1. The maximum atomic E-state index is 13.2. The van der Waals surface area contributed by atoms with Crippen LogP contribution in [0.25, 0.3) is 0 Å². The molecule has 17 heteroatoms. The predicted molar refractivity (Wildman–Crippen MR) is 154 cm³/mol. The topological polar surface area (TPSA) is 159 Å². The third-order valence-corrected chi connectivity index (χ3v) is 7.89. The number of ether oxygens (including phenoxy) is 5. The third kappa shape index (κ3) is 6.10. The van der Waals surface area contributed by atoms with Gasteiger partial charge >= 0.3 is 24.0 Å². The summed E-state index contributed by atoms with van der Waals surface area (Å²) in [5, 5.41) is 17.6. The molecule has 6 aliphatic heterocycles. The lowest BCUT2D eigenvalue weighted by Gasteiger charge is -2.39. The second-order valence-corrected chi connectivity index (χ2v) is 10.8. The number of carbonyl (C=O) groups is 4. The molecular weight excluding hydrogens is 592 g/mol. The Balaban J connectivity index is 1.29. The van der Waals surface area contributed by atoms with Crippen molar-refractivity contribution in [1.82, 2.24) is 30.1 Å². The molecule has 0 radical (unpaired) electrons. The first-order valence-corrected chi connectivity index (χ1v) is 14.9. The highest BCUT2D eigenvalue weighted by Gasteiger charge is 2.48. The molecule has 0 saturated carbocycles. The molecule has 1 aromatic carbocycles. The lowest BCUT2D eigenvalue weighted by Crippen LogP contribution is -2.57. The van der Waals surface area contributed by atoms with E-state index >= 15 is 0 Å². The van der Waals surface area contributed by atoms with Crippen molar-refractivity contribution in [2.45, 2.75) is 24.9 Å². The highest BCUT2D eigenvalue weighted by Crippen LogP contribution is 2.30. The molecule has 6 heterocycles. The predicted octanol–water partition coefficient (Wildman–Crippen LogP) is -0.127. The minimum absolute atomic E-state index is 0.0492. The summed E-state index contributed by atoms with van der Waals surface area (Å²) in [4.78, 5) is 52.2. The van der Waals surface area contributed by atoms with Gasteiger partial charge in [0.1, 0.15) is 13.2 Å². The van der Waals surface area contributed by atoms with Crippen LogP contribution < -0.4 is 0 Å². The fourth-order valence-electron chi connectivity index (χ4n) is 5.70. The van der Waals surface area contributed by atoms with Crippen LogP contribution in [0, 0.1) is 0 Å². The minimum atomic E-state index is -0.758. The number of hydrogen-bond donors (Lipinski definition) is 0. The summed E-state index contributed by atoms with van der Waals surface area (Å²) in [7, 11) is 3.11. The normalized spacial score (nSPS) is 25.6. The molecule has 0 unspecified atom stereocenters. The molecule has 2 atom stereocenters. The summed E-state index contributed by atoms with van der Waals surface area (Å²) in [6.45, 7) is 2.40. The van der Waals surface area contributed by atoms with Crippen molar-refractivity contribution in [1.29, 1.82) is 0 Å². The molecule has 0 spiro atoms. The van der Waals surface area contributed by atoms with Gasteiger partial charge < -0.3 is 23.7 Å². The Morgan fingerprint density at radius 3 is 1.31 bits per heavy atom. The van der Waals surface area contributed by atoms with Crippen molar-refractivity contribution >= 4 is 35.7 Å². The SMILES string of the molecule is CN1N=C2c3ccc(cc3)C3=NN(C)C(=O)N4CC[C@H](C(=O)OCCOCCOCCOCCOC(=O)[C@H]5CCN(C1=O)N25)N34. The van der Waals surface area contributed by atoms with E-state index in [1.165, 1.54) is 20.0 Å². The average Bonchev–Trinajstić information content (AvgIpc) is 3.69. The van der Waals surface area contributed by atoms with Gasteiger partial charge in [0.15, 0.2) is 23.8 Å². The van der Waals surface area contributed by atoms with Gasteiger partial charge in [-0.05, 0) is 0 Å². The van der Waals surface area contributed by atoms with E-state index in [9.17, 15) is 19.2 Å². The van der Waals surface area contributed by atoms with E-state index < -0.39 is 24.0 Å². The van der Waals surface area contributed by atoms with E-state index in [2.05, 4.69) is 10.2 Å². The van der Waals surface area contributed by atoms with Gasteiger partial charge in [0, 0.05) is 51.2 Å². The first-order valence-electron chi connectivity index (χ1n) is 14.9. The highest BCUT2D eigenvalue weighted by atomic mass is 16.6. The Labute approximate surface area is 259 Å². The van der Waals surface area contributed by atoms with Crippen molar-refractivity contribution < 1.29 is 42.9 Å². The monoisotopic (exact) mass is 628 g/mol. The number of nitrogens with zero attached hydrogens (tertiary/aromatic N) is 8. The molecule has 2 fully saturated rings. The van der Waals surface area contributed by atoms with Gasteiger partial charge in [0.25, 0.3) is 0 Å². The molecule has 6 aliphatic rings. The molecule has 0 N–H and O–H groups in total. The number of rotatable bonds is 0. The second-order valence-electron chi connectivity index (χ2n) is 10.8. The number of fused-ring (bicyclic) bond motifs is 16. The van der Waals surface area contributed by atoms with Crippen LogP contribution >= 0.6 is 0 Å². The Morgan fingerprint density at radius 2 is 0.933 bits per heavy atom. The maximum Gasteiger partial charge on any atom is 0.359 e. The number of amidine groups is 2. The van der Waals surface area contributed by atoms with E-state index in [4.69, 9.17) is 23.7 Å². The molecule has 45 heavy (non-hydrogen) atoms. The van der Waals surface area contributed by atoms with Gasteiger partial charge in [-0.2, -0.15) is 0 Å². The van der Waals surface area contributed by atoms with E-state index in [-0.39, 0.29) is 38.5 Å². The van der Waals surface area contributed by atoms with E-state index in [1.54, 1.807) is 48.4 Å². The van der Waals surface area contributed by atoms with E-state index in [1.807, 2.05) is 0 Å². The highest BCUT2D eigenvalue weighted by molar-refractivity contribution is 6.06. The van der Waals surface area contributed by atoms with Crippen molar-refractivity contribution in [3.63, 3.8) is 0 Å². The molecule has 242 valence electrons. The van der Waals surface area contributed by atoms with Crippen LogP contribution in [-0.2, 0) is 33.3 Å². The average molecular weight is 629 g/mol. The van der Waals surface area contributed by atoms with Crippen LogP contribution in [0.5, 0.6) is 0 Å². The van der Waals surface area contributed by atoms with Gasteiger partial charge in [-0.3, -0.25) is 0 Å². The lowest BCUT2D eigenvalue weighted by molar-refractivity contribution is -0.152. The summed E-state index contributed by atoms with van der Waals surface area (Å²) < 4.78 is 27.5. The number of hydrogen-bond acceptors (Lipinski definition) is 13. The first-order chi connectivity index (χ1) is 21.8. The zero-order chi connectivity index (χ0) is 31.5. The van der Waals surface area contributed by atoms with E-state index in [0.29, 0.717) is 75.2 Å². The van der Waals surface area contributed by atoms with Gasteiger partial charge in [0.2, 0.25) is 0 Å². The number of urea groups is 2. The Kier molecular flexibility index (Phi) is 8.99. The standard InChI is InChI=1S/C28H36N8O9/c1-31-27(39)33-9-7-21-25(37)44-17-15-42-13-11-41-12-14-43-16-18-45-26(38)22-8-10-34-28(40)32(2)30-24(36(22)34)20-5-3-19(4-6-20)23(29-31)35(21)33/h3-6,21-22H,7-18H2,1-2H3/t21-,22-/m1/s1. The van der Waals surface area contributed by atoms with Crippen LogP contribution in [0.3, 0.4) is 0 Å². The Bertz CT molecular complexity index is 1270. The fourth-order valence-corrected chi connectivity index (χ4v) is 5.70. The van der Waals surface area contributed by atoms with Crippen LogP contribution in [0.15, 0.2) is 34.5 Å². The van der Waals surface area contributed by atoms with Gasteiger partial charge in [-0.1, -0.05) is 24.3 Å². The van der Waals surface area contributed by atoms with Crippen molar-refractivity contribution in [3.8, 4) is 0 Å². The van der Waals surface area contributed by atoms with Gasteiger partial charge in [-0.15, -0.1) is 10.2 Å². The first kappa shape index (κ1) is 30.5. The van der Waals surface area contributed by atoms with Gasteiger partial charge in [-0.25, -0.2) is 49.2 Å². The zero-order valence-electron chi connectivity index (χ0n) is 25.2. The molecule has 0 aromatic heterocycles. The molecule has 0 aliphatic carbocycles. The third-order valence-electron chi connectivity index (χ3n) is 7.89. The largest absolute Gasteiger partial charge is 0.462 e. The summed E-state index contributed by atoms with van der Waals surface area (Å²) in [6.07, 6.45) is 0.734. The minimum Gasteiger partial charge on any atom is -0.462 e. The van der Waals surface area contributed by atoms with Crippen molar-refractivity contribution in [2.75, 3.05) is 80.0 Å². The number of amides is 4. The van der Waals surface area contributed by atoms with Crippen molar-refractivity contribution in [3.05, 3.63) is 35.4 Å². The second kappa shape index (κ2) is 13.3. The summed E-state index contributed by atoms with van der Waals surface area (Å²) in [5.74, 6) is -0.186. The Morgan fingerprint density at radius 1 is 0.578 bits per heavy atom. The smallest absolute Gasteiger partial charge is 0.359 e. The summed E-state index contributed by atoms with van der Waals surface area (Å²) in [6, 6.07) is 4.92. The molecule has 4 amide bonds. The molecule has 1 aromatic rings. The van der Waals surface area contributed by atoms with Gasteiger partial charge in [0.05, 0.1) is 39.6 Å². The number of carbonyl (C=O) groups excluding carboxylic acids is 4. The maximum absolute atomic E-state index is 13.2. The number of esters is 2. The van der Waals surface area contributed by atoms with E-state index in [0.717, 1.165) is 0 Å². The Hall–Kier alpha value is -4.48. The summed E-state index contributed by atoms with van der Waals surface area (Å²) >= 11 is 0. The lowest BCUT2D eigenvalue weighted by atomic mass is 10.1. The fraction of sp³-hybridized carbons (Fsp3) is 0.571. The molecule has 17 nitrogen and oxygen atoms in total. The molecular formula is C28H36N8O9. The molecule has 7 rings (SSSR count). The quantitative estimate of drug-likeness (QED) is 0.278. The molecule has 2 saturated heterocycles. The zero-order valence-corrected chi connectivity index (χ0v) is 25.2. The van der Waals surface area contributed by atoms with Crippen LogP contribution in [0.1, 0.15) is 24.0 Å². The molecule has 2 bridgehead atoms. The van der Waals surface area contributed by atoms with Crippen molar-refractivity contribution in [2.24, 2.45) is 10.2 Å². The number of hydrazone groups is 2. The number of hydrazine groups is 2. The van der Waals surface area contributed by atoms with Crippen LogP contribution in [0.4, 0.5) is 9.59 Å². The van der Waals surface area contributed by atoms with Crippen LogP contribution in [0.2, 0.25) is 0 Å².